The molecule has 0 N–H and O–H groups in total. The maximum Gasteiger partial charge on any atom is 0.136 e. The molecule has 0 spiro atoms. The van der Waals surface area contributed by atoms with Crippen molar-refractivity contribution in [1.82, 2.24) is 9.78 Å². The zero-order valence-electron chi connectivity index (χ0n) is 8.91. The number of nitrogens with zero attached hydrogens (tertiary/aromatic N) is 2. The molecule has 0 fully saturated rings. The predicted octanol–water partition coefficient (Wildman–Crippen LogP) is 3.88. The van der Waals surface area contributed by atoms with E-state index in [1.807, 2.05) is 30.8 Å². The van der Waals surface area contributed by atoms with E-state index in [4.69, 9.17) is 0 Å². The molecule has 0 atom stereocenters. The van der Waals surface area contributed by atoms with Crippen molar-refractivity contribution < 1.29 is 0 Å². The predicted molar refractivity (Wildman–Crippen MR) is 72.4 cm³/mol. The number of aromatic nitrogens is 2. The molecule has 0 saturated carbocycles. The molecule has 1 aromatic rings. The summed E-state index contributed by atoms with van der Waals surface area (Å²) in [6.45, 7) is 8.19. The lowest BCUT2D eigenvalue weighted by atomic mass is 10.4. The fourth-order valence-electron chi connectivity index (χ4n) is 0.764. The van der Waals surface area contributed by atoms with Crippen molar-refractivity contribution in [3.8, 4) is 11.2 Å². The average molecular weight is 322 g/mol. The van der Waals surface area contributed by atoms with Gasteiger partial charge in [0.2, 0.25) is 0 Å². The Bertz CT molecular complexity index is 309. The first-order valence-electron chi connectivity index (χ1n) is 4.58. The van der Waals surface area contributed by atoms with Gasteiger partial charge in [-0.05, 0) is 40.0 Å². The first-order chi connectivity index (χ1) is 6.74. The van der Waals surface area contributed by atoms with Crippen molar-refractivity contribution in [2.75, 3.05) is 0 Å². The van der Waals surface area contributed by atoms with Gasteiger partial charge in [-0.3, -0.25) is 4.68 Å². The van der Waals surface area contributed by atoms with Crippen LogP contribution < -0.4 is 0 Å². The Labute approximate surface area is 102 Å². The standard InChI is InChI=1S/C8H9IN2S.C2H6/c1-7(2)11-5-3-8(10-11)4-6-12-9;1-2/h3,5,7H,1-2H3;1-2H3. The number of hydrogen-bond donors (Lipinski definition) is 0. The number of rotatable bonds is 1. The summed E-state index contributed by atoms with van der Waals surface area (Å²) in [7, 11) is 1.47. The molecule has 2 nitrogen and oxygen atoms in total. The van der Waals surface area contributed by atoms with Crippen molar-refractivity contribution in [3.05, 3.63) is 18.0 Å². The van der Waals surface area contributed by atoms with E-state index < -0.39 is 0 Å². The molecule has 0 bridgehead atoms. The summed E-state index contributed by atoms with van der Waals surface area (Å²) in [6, 6.07) is 2.34. The van der Waals surface area contributed by atoms with E-state index in [0.717, 1.165) is 5.69 Å². The quantitative estimate of drug-likeness (QED) is 0.577. The van der Waals surface area contributed by atoms with Gasteiger partial charge in [-0.15, -0.1) is 0 Å². The summed E-state index contributed by atoms with van der Waals surface area (Å²) in [5.41, 5.74) is 0.841. The van der Waals surface area contributed by atoms with Gasteiger partial charge in [-0.25, -0.2) is 0 Å². The summed E-state index contributed by atoms with van der Waals surface area (Å²) in [6.07, 6.45) is 1.95. The summed E-state index contributed by atoms with van der Waals surface area (Å²) in [4.78, 5) is 0. The average Bonchev–Trinajstić information content (AvgIpc) is 2.66. The van der Waals surface area contributed by atoms with E-state index in [0.29, 0.717) is 6.04 Å². The highest BCUT2D eigenvalue weighted by molar-refractivity contribution is 14.2. The topological polar surface area (TPSA) is 17.8 Å². The van der Waals surface area contributed by atoms with Gasteiger partial charge in [0.25, 0.3) is 0 Å². The molecule has 0 aliphatic rings. The molecule has 1 aromatic heterocycles. The third-order valence-corrected chi connectivity index (χ3v) is 2.19. The fraction of sp³-hybridized carbons (Fsp3) is 0.500. The van der Waals surface area contributed by atoms with Crippen molar-refractivity contribution in [1.29, 1.82) is 0 Å². The van der Waals surface area contributed by atoms with E-state index in [1.54, 1.807) is 0 Å². The molecule has 0 amide bonds. The Morgan fingerprint density at radius 2 is 2.14 bits per heavy atom. The maximum atomic E-state index is 4.27. The van der Waals surface area contributed by atoms with Gasteiger partial charge in [0.15, 0.2) is 0 Å². The molecule has 0 saturated heterocycles. The number of hydrogen-bond acceptors (Lipinski definition) is 2. The monoisotopic (exact) mass is 322 g/mol. The normalized spacial score (nSPS) is 8.71. The second-order valence-electron chi connectivity index (χ2n) is 2.58. The summed E-state index contributed by atoms with van der Waals surface area (Å²) < 4.78 is 1.90. The molecule has 14 heavy (non-hydrogen) atoms. The highest BCUT2D eigenvalue weighted by atomic mass is 127. The van der Waals surface area contributed by atoms with E-state index in [1.165, 1.54) is 8.93 Å². The molecule has 0 unspecified atom stereocenters. The van der Waals surface area contributed by atoms with Crippen LogP contribution in [-0.2, 0) is 0 Å². The Balaban J connectivity index is 0.000000791. The lowest BCUT2D eigenvalue weighted by Crippen LogP contribution is -2.00. The molecular formula is C10H15IN2S. The van der Waals surface area contributed by atoms with Crippen LogP contribution in [0.25, 0.3) is 0 Å². The van der Waals surface area contributed by atoms with Crippen molar-refractivity contribution in [2.24, 2.45) is 0 Å². The third kappa shape index (κ3) is 4.91. The van der Waals surface area contributed by atoms with Gasteiger partial charge >= 0.3 is 0 Å². The smallest absolute Gasteiger partial charge is 0.136 e. The minimum atomic E-state index is 0.410. The first kappa shape index (κ1) is 13.8. The van der Waals surface area contributed by atoms with Crippen molar-refractivity contribution in [3.63, 3.8) is 0 Å². The van der Waals surface area contributed by atoms with Crippen LogP contribution in [0.4, 0.5) is 0 Å². The zero-order chi connectivity index (χ0) is 11.0. The molecule has 1 heterocycles. The van der Waals surface area contributed by atoms with E-state index in [9.17, 15) is 0 Å². The van der Waals surface area contributed by atoms with Gasteiger partial charge in [-0.1, -0.05) is 13.8 Å². The largest absolute Gasteiger partial charge is 0.269 e. The van der Waals surface area contributed by atoms with Gasteiger partial charge in [0, 0.05) is 33.4 Å². The maximum absolute atomic E-state index is 4.27. The Morgan fingerprint density at radius 1 is 1.50 bits per heavy atom. The van der Waals surface area contributed by atoms with E-state index >= 15 is 0 Å². The lowest BCUT2D eigenvalue weighted by Gasteiger charge is -2.02. The summed E-state index contributed by atoms with van der Waals surface area (Å²) in [5, 5.41) is 7.17. The first-order valence-corrected chi connectivity index (χ1v) is 7.93. The van der Waals surface area contributed by atoms with Crippen molar-refractivity contribution in [2.45, 2.75) is 33.7 Å². The van der Waals surface area contributed by atoms with E-state index in [2.05, 4.69) is 51.3 Å². The second kappa shape index (κ2) is 8.18. The van der Waals surface area contributed by atoms with Gasteiger partial charge < -0.3 is 0 Å². The van der Waals surface area contributed by atoms with Gasteiger partial charge in [-0.2, -0.15) is 5.10 Å². The minimum Gasteiger partial charge on any atom is -0.269 e. The van der Waals surface area contributed by atoms with Crippen LogP contribution in [0.15, 0.2) is 12.3 Å². The fourth-order valence-corrected chi connectivity index (χ4v) is 1.24. The zero-order valence-corrected chi connectivity index (χ0v) is 11.9. The third-order valence-electron chi connectivity index (χ3n) is 1.36. The highest BCUT2D eigenvalue weighted by Gasteiger charge is 1.98. The van der Waals surface area contributed by atoms with Crippen LogP contribution in [0.5, 0.6) is 0 Å². The van der Waals surface area contributed by atoms with Crippen LogP contribution in [0.2, 0.25) is 0 Å². The molecule has 4 heteroatoms. The minimum absolute atomic E-state index is 0.410. The Hall–Kier alpha value is -0.150. The lowest BCUT2D eigenvalue weighted by molar-refractivity contribution is 0.531. The molecule has 0 aliphatic heterocycles. The second-order valence-corrected chi connectivity index (χ2v) is 4.26. The van der Waals surface area contributed by atoms with Gasteiger partial charge in [0.05, 0.1) is 0 Å². The molecule has 1 rings (SSSR count). The van der Waals surface area contributed by atoms with Crippen LogP contribution in [-0.4, -0.2) is 9.78 Å². The molecule has 78 valence electrons. The SMILES string of the molecule is CC.CC(C)n1ccc(C#CSI)n1. The molecule has 0 aliphatic carbocycles. The Morgan fingerprint density at radius 3 is 2.57 bits per heavy atom. The van der Waals surface area contributed by atoms with Crippen molar-refractivity contribution >= 4 is 30.1 Å². The number of halogens is 1. The van der Waals surface area contributed by atoms with Gasteiger partial charge in [0.1, 0.15) is 5.69 Å². The van der Waals surface area contributed by atoms with Crippen LogP contribution in [0.3, 0.4) is 0 Å². The summed E-state index contributed by atoms with van der Waals surface area (Å²) in [5.74, 6) is 2.94. The molecule has 0 aromatic carbocycles. The highest BCUT2D eigenvalue weighted by Crippen LogP contribution is 2.08. The van der Waals surface area contributed by atoms with Crippen LogP contribution in [0.1, 0.15) is 39.4 Å². The molecule has 0 radical (unpaired) electrons. The van der Waals surface area contributed by atoms with Crippen LogP contribution >= 0.6 is 30.1 Å². The Kier molecular flexibility index (Phi) is 8.09. The summed E-state index contributed by atoms with van der Waals surface area (Å²) >= 11 is 2.14. The molecular weight excluding hydrogens is 307 g/mol. The van der Waals surface area contributed by atoms with Crippen LogP contribution in [0, 0.1) is 11.2 Å². The van der Waals surface area contributed by atoms with E-state index in [-0.39, 0.29) is 0 Å².